The number of pyridine rings is 1. The molecule has 1 N–H and O–H groups in total. The fraction of sp³-hybridized carbons (Fsp3) is 0.381. The van der Waals surface area contributed by atoms with Crippen molar-refractivity contribution in [3.63, 3.8) is 0 Å². The van der Waals surface area contributed by atoms with Crippen LogP contribution in [0.15, 0.2) is 30.5 Å². The van der Waals surface area contributed by atoms with Crippen molar-refractivity contribution in [2.24, 2.45) is 0 Å². The summed E-state index contributed by atoms with van der Waals surface area (Å²) in [5, 5.41) is 12.2. The van der Waals surface area contributed by atoms with Crippen LogP contribution < -0.4 is 10.1 Å². The van der Waals surface area contributed by atoms with E-state index in [2.05, 4.69) is 10.3 Å². The predicted molar refractivity (Wildman–Crippen MR) is 104 cm³/mol. The minimum absolute atomic E-state index is 0.0133. The molecule has 1 fully saturated rings. The highest BCUT2D eigenvalue weighted by Gasteiger charge is 2.25. The zero-order valence-electron chi connectivity index (χ0n) is 15.5. The zero-order chi connectivity index (χ0) is 20.1. The number of nitriles is 1. The number of ether oxygens (including phenoxy) is 1. The van der Waals surface area contributed by atoms with Crippen LogP contribution in [0.25, 0.3) is 0 Å². The molecule has 7 heteroatoms. The lowest BCUT2D eigenvalue weighted by Gasteiger charge is -2.29. The van der Waals surface area contributed by atoms with Gasteiger partial charge in [0.2, 0.25) is 0 Å². The average Bonchev–Trinajstić information content (AvgIpc) is 2.69. The summed E-state index contributed by atoms with van der Waals surface area (Å²) in [4.78, 5) is 16.4. The molecule has 1 saturated carbocycles. The van der Waals surface area contributed by atoms with Gasteiger partial charge >= 0.3 is 0 Å². The molecule has 0 unspecified atom stereocenters. The zero-order valence-corrected chi connectivity index (χ0v) is 16.3. The summed E-state index contributed by atoms with van der Waals surface area (Å²) in [6.45, 7) is 1.88. The van der Waals surface area contributed by atoms with Gasteiger partial charge in [-0.05, 0) is 50.3 Å². The van der Waals surface area contributed by atoms with E-state index in [0.29, 0.717) is 28.5 Å². The number of carbonyl (C=O) groups is 1. The van der Waals surface area contributed by atoms with Crippen molar-refractivity contribution in [3.8, 4) is 11.8 Å². The molecule has 0 aliphatic heterocycles. The second-order valence-electron chi connectivity index (χ2n) is 6.83. The molecule has 3 rings (SSSR count). The summed E-state index contributed by atoms with van der Waals surface area (Å²) in [5.74, 6) is -0.351. The number of aromatic nitrogens is 1. The van der Waals surface area contributed by atoms with Gasteiger partial charge in [-0.15, -0.1) is 0 Å². The molecule has 1 amide bonds. The molecule has 1 aliphatic rings. The SMILES string of the molecule is CCc1cc(F)c(C(=O)N[C@H]2CC[C@H](Oc3ccc(C#N)c(Cl)c3)CC2)cn1. The Morgan fingerprint density at radius 1 is 1.36 bits per heavy atom. The molecular weight excluding hydrogens is 381 g/mol. The maximum Gasteiger partial charge on any atom is 0.256 e. The largest absolute Gasteiger partial charge is 0.490 e. The van der Waals surface area contributed by atoms with E-state index in [1.807, 2.05) is 13.0 Å². The van der Waals surface area contributed by atoms with Crippen LogP contribution in [0.4, 0.5) is 4.39 Å². The van der Waals surface area contributed by atoms with E-state index >= 15 is 0 Å². The number of aryl methyl sites for hydroxylation is 1. The molecule has 1 heterocycles. The van der Waals surface area contributed by atoms with Crippen LogP contribution in [0, 0.1) is 17.1 Å². The standard InChI is InChI=1S/C21H21ClFN3O2/c1-2-14-9-20(23)18(12-25-14)21(27)26-15-4-7-16(8-5-15)28-17-6-3-13(11-24)19(22)10-17/h3,6,9-10,12,15-16H,2,4-5,7-8H2,1H3,(H,26,27)/t15-,16-. The van der Waals surface area contributed by atoms with E-state index in [1.54, 1.807) is 18.2 Å². The smallest absolute Gasteiger partial charge is 0.256 e. The van der Waals surface area contributed by atoms with Gasteiger partial charge in [-0.2, -0.15) is 5.26 Å². The summed E-state index contributed by atoms with van der Waals surface area (Å²) >= 11 is 6.03. The van der Waals surface area contributed by atoms with E-state index in [9.17, 15) is 9.18 Å². The van der Waals surface area contributed by atoms with Crippen LogP contribution in [0.5, 0.6) is 5.75 Å². The van der Waals surface area contributed by atoms with Crippen LogP contribution in [0.1, 0.15) is 54.2 Å². The van der Waals surface area contributed by atoms with Gasteiger partial charge in [0.05, 0.1) is 22.3 Å². The lowest BCUT2D eigenvalue weighted by molar-refractivity contribution is 0.0889. The molecule has 1 aliphatic carbocycles. The Bertz CT molecular complexity index is 905. The maximum absolute atomic E-state index is 14.1. The number of nitrogens with zero attached hydrogens (tertiary/aromatic N) is 2. The number of carbonyl (C=O) groups excluding carboxylic acids is 1. The van der Waals surface area contributed by atoms with Crippen molar-refractivity contribution in [2.45, 2.75) is 51.2 Å². The third kappa shape index (κ3) is 4.79. The van der Waals surface area contributed by atoms with Crippen molar-refractivity contribution >= 4 is 17.5 Å². The van der Waals surface area contributed by atoms with Gasteiger partial charge in [-0.25, -0.2) is 4.39 Å². The van der Waals surface area contributed by atoms with Gasteiger partial charge in [0, 0.05) is 24.0 Å². The van der Waals surface area contributed by atoms with E-state index in [4.69, 9.17) is 21.6 Å². The summed E-state index contributed by atoms with van der Waals surface area (Å²) in [6.07, 6.45) is 4.93. The van der Waals surface area contributed by atoms with Gasteiger partial charge in [-0.3, -0.25) is 9.78 Å². The maximum atomic E-state index is 14.1. The minimum Gasteiger partial charge on any atom is -0.490 e. The fourth-order valence-corrected chi connectivity index (χ4v) is 3.48. The van der Waals surface area contributed by atoms with E-state index in [1.165, 1.54) is 12.3 Å². The van der Waals surface area contributed by atoms with Crippen LogP contribution in [-0.2, 0) is 6.42 Å². The number of nitrogens with one attached hydrogen (secondary N) is 1. The fourth-order valence-electron chi connectivity index (χ4n) is 3.27. The number of benzene rings is 1. The molecular formula is C21H21ClFN3O2. The molecule has 5 nitrogen and oxygen atoms in total. The first-order valence-electron chi connectivity index (χ1n) is 9.31. The van der Waals surface area contributed by atoms with Crippen molar-refractivity contribution in [2.75, 3.05) is 0 Å². The Labute approximate surface area is 168 Å². The molecule has 0 radical (unpaired) electrons. The number of hydrogen-bond acceptors (Lipinski definition) is 4. The van der Waals surface area contributed by atoms with Crippen LogP contribution in [-0.4, -0.2) is 23.0 Å². The van der Waals surface area contributed by atoms with Crippen LogP contribution in [0.2, 0.25) is 5.02 Å². The Morgan fingerprint density at radius 2 is 2.11 bits per heavy atom. The predicted octanol–water partition coefficient (Wildman–Crippen LogP) is 4.43. The van der Waals surface area contributed by atoms with Crippen molar-refractivity contribution in [1.82, 2.24) is 10.3 Å². The highest BCUT2D eigenvalue weighted by molar-refractivity contribution is 6.31. The summed E-state index contributed by atoms with van der Waals surface area (Å²) in [6, 6.07) is 8.30. The number of amides is 1. The average molecular weight is 402 g/mol. The normalized spacial score (nSPS) is 18.9. The Kier molecular flexibility index (Phi) is 6.48. The van der Waals surface area contributed by atoms with E-state index < -0.39 is 11.7 Å². The lowest BCUT2D eigenvalue weighted by Crippen LogP contribution is -2.40. The first kappa shape index (κ1) is 20.1. The third-order valence-electron chi connectivity index (χ3n) is 4.89. The van der Waals surface area contributed by atoms with Crippen molar-refractivity contribution in [1.29, 1.82) is 5.26 Å². The number of hydrogen-bond donors (Lipinski definition) is 1. The molecule has 0 spiro atoms. The van der Waals surface area contributed by atoms with E-state index in [-0.39, 0.29) is 17.7 Å². The van der Waals surface area contributed by atoms with Gasteiger partial charge in [0.1, 0.15) is 17.6 Å². The van der Waals surface area contributed by atoms with E-state index in [0.717, 1.165) is 25.7 Å². The molecule has 1 aromatic carbocycles. The second kappa shape index (κ2) is 9.03. The molecule has 0 atom stereocenters. The molecule has 146 valence electrons. The summed E-state index contributed by atoms with van der Waals surface area (Å²) in [7, 11) is 0. The van der Waals surface area contributed by atoms with Crippen LogP contribution >= 0.6 is 11.6 Å². The number of rotatable bonds is 5. The first-order valence-corrected chi connectivity index (χ1v) is 9.69. The Morgan fingerprint density at radius 3 is 2.71 bits per heavy atom. The third-order valence-corrected chi connectivity index (χ3v) is 5.20. The molecule has 0 bridgehead atoms. The van der Waals surface area contributed by atoms with Crippen molar-refractivity contribution < 1.29 is 13.9 Å². The monoisotopic (exact) mass is 401 g/mol. The van der Waals surface area contributed by atoms with Gasteiger partial charge in [-0.1, -0.05) is 18.5 Å². The van der Waals surface area contributed by atoms with Gasteiger partial charge in [0.15, 0.2) is 0 Å². The molecule has 28 heavy (non-hydrogen) atoms. The Hall–Kier alpha value is -2.65. The highest BCUT2D eigenvalue weighted by atomic mass is 35.5. The lowest BCUT2D eigenvalue weighted by atomic mass is 9.92. The summed E-state index contributed by atoms with van der Waals surface area (Å²) < 4.78 is 20.0. The highest BCUT2D eigenvalue weighted by Crippen LogP contribution is 2.27. The quantitative estimate of drug-likeness (QED) is 0.804. The minimum atomic E-state index is -0.543. The van der Waals surface area contributed by atoms with Gasteiger partial charge in [0.25, 0.3) is 5.91 Å². The first-order chi connectivity index (χ1) is 13.5. The molecule has 0 saturated heterocycles. The van der Waals surface area contributed by atoms with Gasteiger partial charge < -0.3 is 10.1 Å². The molecule has 1 aromatic heterocycles. The van der Waals surface area contributed by atoms with Crippen molar-refractivity contribution in [3.05, 3.63) is 58.1 Å². The Balaban J connectivity index is 1.52. The second-order valence-corrected chi connectivity index (χ2v) is 7.23. The molecule has 2 aromatic rings. The topological polar surface area (TPSA) is 75.0 Å². The number of halogens is 2. The summed E-state index contributed by atoms with van der Waals surface area (Å²) in [5.41, 5.74) is 1.01. The van der Waals surface area contributed by atoms with Crippen LogP contribution in [0.3, 0.4) is 0 Å².